The molecule has 3 aliphatic rings. The third-order valence-corrected chi connectivity index (χ3v) is 5.55. The SMILES string of the molecule is COC(=O)[C@H](CC1=COC2CCOC2=C1)NC(=O)c1cccc2c1CCCC2. The van der Waals surface area contributed by atoms with Gasteiger partial charge < -0.3 is 19.5 Å². The van der Waals surface area contributed by atoms with Crippen LogP contribution < -0.4 is 5.32 Å². The van der Waals surface area contributed by atoms with Gasteiger partial charge in [-0.1, -0.05) is 12.1 Å². The van der Waals surface area contributed by atoms with E-state index in [-0.39, 0.29) is 18.4 Å². The van der Waals surface area contributed by atoms with E-state index in [0.29, 0.717) is 12.2 Å². The summed E-state index contributed by atoms with van der Waals surface area (Å²) in [4.78, 5) is 25.3. The summed E-state index contributed by atoms with van der Waals surface area (Å²) in [6.07, 6.45) is 8.74. The van der Waals surface area contributed by atoms with Crippen LogP contribution in [0.1, 0.15) is 47.2 Å². The van der Waals surface area contributed by atoms with E-state index in [9.17, 15) is 9.59 Å². The fraction of sp³-hybridized carbons (Fsp3) is 0.455. The maximum Gasteiger partial charge on any atom is 0.328 e. The summed E-state index contributed by atoms with van der Waals surface area (Å²) in [5.41, 5.74) is 3.77. The fourth-order valence-electron chi connectivity index (χ4n) is 4.08. The lowest BCUT2D eigenvalue weighted by Gasteiger charge is -2.23. The van der Waals surface area contributed by atoms with Crippen molar-refractivity contribution < 1.29 is 23.8 Å². The van der Waals surface area contributed by atoms with E-state index in [2.05, 4.69) is 11.4 Å². The van der Waals surface area contributed by atoms with Gasteiger partial charge in [0.2, 0.25) is 0 Å². The molecule has 0 bridgehead atoms. The standard InChI is InChI=1S/C22H25NO5/c1-26-22(25)18(11-14-12-20-19(28-13-14)9-10-27-20)23-21(24)17-8-4-6-15-5-2-3-7-16(15)17/h4,6,8,12-13,18-19H,2-3,5,7,9-11H2,1H3,(H,23,24)/t18-,19?/m0/s1. The Labute approximate surface area is 164 Å². The Hall–Kier alpha value is -2.76. The van der Waals surface area contributed by atoms with Crippen LogP contribution in [0.2, 0.25) is 0 Å². The summed E-state index contributed by atoms with van der Waals surface area (Å²) in [6.45, 7) is 0.633. The molecule has 0 radical (unpaired) electrons. The van der Waals surface area contributed by atoms with Crippen LogP contribution in [0.3, 0.4) is 0 Å². The van der Waals surface area contributed by atoms with Crippen LogP contribution in [0.4, 0.5) is 0 Å². The van der Waals surface area contributed by atoms with E-state index in [0.717, 1.165) is 49.0 Å². The van der Waals surface area contributed by atoms with Crippen molar-refractivity contribution in [3.63, 3.8) is 0 Å². The molecule has 1 N–H and O–H groups in total. The number of rotatable bonds is 5. The van der Waals surface area contributed by atoms with Gasteiger partial charge in [-0.2, -0.15) is 0 Å². The molecule has 1 amide bonds. The average Bonchev–Trinajstić information content (AvgIpc) is 3.20. The number of amides is 1. The average molecular weight is 383 g/mol. The van der Waals surface area contributed by atoms with Crippen LogP contribution in [0, 0.1) is 0 Å². The summed E-state index contributed by atoms with van der Waals surface area (Å²) >= 11 is 0. The van der Waals surface area contributed by atoms with E-state index in [4.69, 9.17) is 14.2 Å². The molecule has 1 aromatic carbocycles. The zero-order chi connectivity index (χ0) is 19.5. The fourth-order valence-corrected chi connectivity index (χ4v) is 4.08. The van der Waals surface area contributed by atoms with Crippen LogP contribution in [0.5, 0.6) is 0 Å². The van der Waals surface area contributed by atoms with Gasteiger partial charge in [0.15, 0.2) is 6.10 Å². The molecule has 2 aliphatic heterocycles. The highest BCUT2D eigenvalue weighted by Gasteiger charge is 2.30. The second-order valence-electron chi connectivity index (χ2n) is 7.41. The van der Waals surface area contributed by atoms with Crippen molar-refractivity contribution in [2.45, 2.75) is 50.7 Å². The van der Waals surface area contributed by atoms with Gasteiger partial charge >= 0.3 is 5.97 Å². The van der Waals surface area contributed by atoms with Gasteiger partial charge in [0.1, 0.15) is 11.8 Å². The number of ether oxygens (including phenoxy) is 3. The lowest BCUT2D eigenvalue weighted by Crippen LogP contribution is -2.42. The molecule has 1 fully saturated rings. The highest BCUT2D eigenvalue weighted by molar-refractivity contribution is 5.98. The first-order chi connectivity index (χ1) is 13.7. The van der Waals surface area contributed by atoms with E-state index >= 15 is 0 Å². The first-order valence-corrected chi connectivity index (χ1v) is 9.84. The van der Waals surface area contributed by atoms with Crippen molar-refractivity contribution in [3.8, 4) is 0 Å². The minimum absolute atomic E-state index is 0.0363. The number of hydrogen-bond acceptors (Lipinski definition) is 5. The Balaban J connectivity index is 1.50. The zero-order valence-corrected chi connectivity index (χ0v) is 16.0. The quantitative estimate of drug-likeness (QED) is 0.792. The molecule has 2 atom stereocenters. The molecule has 1 unspecified atom stereocenters. The van der Waals surface area contributed by atoms with Crippen molar-refractivity contribution in [2.24, 2.45) is 0 Å². The predicted octanol–water partition coefficient (Wildman–Crippen LogP) is 2.81. The minimum atomic E-state index is -0.790. The molecule has 6 heteroatoms. The number of allylic oxidation sites excluding steroid dienone is 1. The summed E-state index contributed by atoms with van der Waals surface area (Å²) < 4.78 is 16.1. The molecule has 6 nitrogen and oxygen atoms in total. The number of esters is 1. The third-order valence-electron chi connectivity index (χ3n) is 5.55. The van der Waals surface area contributed by atoms with E-state index in [1.165, 1.54) is 12.7 Å². The van der Waals surface area contributed by atoms with E-state index in [1.54, 1.807) is 6.26 Å². The molecule has 28 heavy (non-hydrogen) atoms. The molecule has 148 valence electrons. The Kier molecular flexibility index (Phi) is 5.37. The number of nitrogens with one attached hydrogen (secondary N) is 1. The molecular weight excluding hydrogens is 358 g/mol. The Bertz CT molecular complexity index is 841. The maximum atomic E-state index is 13.0. The highest BCUT2D eigenvalue weighted by Crippen LogP contribution is 2.29. The molecule has 1 aromatic rings. The molecule has 2 heterocycles. The first-order valence-electron chi connectivity index (χ1n) is 9.84. The lowest BCUT2D eigenvalue weighted by molar-refractivity contribution is -0.142. The lowest BCUT2D eigenvalue weighted by atomic mass is 9.88. The summed E-state index contributed by atoms with van der Waals surface area (Å²) in [5.74, 6) is 0.0607. The number of carbonyl (C=O) groups excluding carboxylic acids is 2. The maximum absolute atomic E-state index is 13.0. The van der Waals surface area contributed by atoms with Crippen LogP contribution in [0.25, 0.3) is 0 Å². The van der Waals surface area contributed by atoms with Crippen LogP contribution in [-0.2, 0) is 31.8 Å². The number of carbonyl (C=O) groups is 2. The smallest absolute Gasteiger partial charge is 0.328 e. The van der Waals surface area contributed by atoms with Crippen molar-refractivity contribution in [3.05, 3.63) is 58.6 Å². The van der Waals surface area contributed by atoms with Crippen LogP contribution >= 0.6 is 0 Å². The topological polar surface area (TPSA) is 73.9 Å². The Morgan fingerprint density at radius 1 is 1.29 bits per heavy atom. The number of hydrogen-bond donors (Lipinski definition) is 1. The monoisotopic (exact) mass is 383 g/mol. The highest BCUT2D eigenvalue weighted by atomic mass is 16.5. The second-order valence-corrected chi connectivity index (χ2v) is 7.41. The molecule has 0 saturated carbocycles. The minimum Gasteiger partial charge on any atom is -0.494 e. The number of fused-ring (bicyclic) bond motifs is 2. The van der Waals surface area contributed by atoms with Crippen molar-refractivity contribution in [1.29, 1.82) is 0 Å². The van der Waals surface area contributed by atoms with E-state index < -0.39 is 12.0 Å². The van der Waals surface area contributed by atoms with Crippen LogP contribution in [-0.4, -0.2) is 37.7 Å². The van der Waals surface area contributed by atoms with Gasteiger partial charge in [-0.15, -0.1) is 0 Å². The first kappa shape index (κ1) is 18.6. The molecule has 0 aromatic heterocycles. The van der Waals surface area contributed by atoms with Gasteiger partial charge in [0.05, 0.1) is 20.0 Å². The largest absolute Gasteiger partial charge is 0.494 e. The van der Waals surface area contributed by atoms with Crippen molar-refractivity contribution >= 4 is 11.9 Å². The molecule has 0 spiro atoms. The van der Waals surface area contributed by atoms with E-state index in [1.807, 2.05) is 18.2 Å². The summed E-state index contributed by atoms with van der Waals surface area (Å²) in [7, 11) is 1.33. The Morgan fingerprint density at radius 2 is 2.14 bits per heavy atom. The van der Waals surface area contributed by atoms with Crippen molar-refractivity contribution in [2.75, 3.05) is 13.7 Å². The van der Waals surface area contributed by atoms with Crippen LogP contribution in [0.15, 0.2) is 41.9 Å². The molecule has 4 rings (SSSR count). The molecular formula is C22H25NO5. The summed E-state index contributed by atoms with van der Waals surface area (Å²) in [5, 5.41) is 2.86. The number of methoxy groups -OCH3 is 1. The van der Waals surface area contributed by atoms with Gasteiger partial charge in [-0.3, -0.25) is 4.79 Å². The zero-order valence-electron chi connectivity index (χ0n) is 16.0. The normalized spacial score (nSPS) is 21.1. The van der Waals surface area contributed by atoms with Gasteiger partial charge in [-0.25, -0.2) is 4.79 Å². The predicted molar refractivity (Wildman–Crippen MR) is 103 cm³/mol. The van der Waals surface area contributed by atoms with Gasteiger partial charge in [0, 0.05) is 18.4 Å². The molecule has 1 saturated heterocycles. The molecule has 1 aliphatic carbocycles. The third kappa shape index (κ3) is 3.77. The van der Waals surface area contributed by atoms with Crippen molar-refractivity contribution in [1.82, 2.24) is 5.32 Å². The number of aryl methyl sites for hydroxylation is 1. The Morgan fingerprint density at radius 3 is 3.00 bits per heavy atom. The van der Waals surface area contributed by atoms with Gasteiger partial charge in [0.25, 0.3) is 5.91 Å². The van der Waals surface area contributed by atoms with Gasteiger partial charge in [-0.05, 0) is 54.5 Å². The second kappa shape index (κ2) is 8.09. The summed E-state index contributed by atoms with van der Waals surface area (Å²) in [6, 6.07) is 5.03. The number of benzene rings is 1.